The summed E-state index contributed by atoms with van der Waals surface area (Å²) in [6, 6.07) is 17.7. The predicted molar refractivity (Wildman–Crippen MR) is 86.6 cm³/mol. The molecule has 0 aliphatic heterocycles. The van der Waals surface area contributed by atoms with E-state index in [9.17, 15) is 4.79 Å². The van der Waals surface area contributed by atoms with Gasteiger partial charge in [0.25, 0.3) is 0 Å². The van der Waals surface area contributed by atoms with Gasteiger partial charge in [0.15, 0.2) is 5.78 Å². The van der Waals surface area contributed by atoms with Gasteiger partial charge >= 0.3 is 0 Å². The molecule has 0 spiro atoms. The van der Waals surface area contributed by atoms with Crippen LogP contribution in [-0.4, -0.2) is 5.78 Å². The minimum absolute atomic E-state index is 0.166. The van der Waals surface area contributed by atoms with Gasteiger partial charge in [0.1, 0.15) is 0 Å². The van der Waals surface area contributed by atoms with Gasteiger partial charge in [-0.15, -0.1) is 0 Å². The van der Waals surface area contributed by atoms with E-state index >= 15 is 0 Å². The van der Waals surface area contributed by atoms with Crippen molar-refractivity contribution in [1.82, 2.24) is 0 Å². The SMILES string of the molecule is O=C1C=C(Nc2cccc(Cl)c2)C[C@@H](c2ccccc2)C1. The normalized spacial score (nSPS) is 18.2. The molecule has 0 unspecified atom stereocenters. The molecule has 0 saturated heterocycles. The highest BCUT2D eigenvalue weighted by Crippen LogP contribution is 2.32. The molecule has 0 heterocycles. The van der Waals surface area contributed by atoms with Crippen LogP contribution in [0, 0.1) is 0 Å². The molecule has 1 aliphatic rings. The Hall–Kier alpha value is -2.06. The number of hydrogen-bond donors (Lipinski definition) is 1. The summed E-state index contributed by atoms with van der Waals surface area (Å²) in [5.74, 6) is 0.407. The molecule has 3 rings (SSSR count). The Bertz CT molecular complexity index is 679. The summed E-state index contributed by atoms with van der Waals surface area (Å²) < 4.78 is 0. The Morgan fingerprint density at radius 1 is 1.00 bits per heavy atom. The first kappa shape index (κ1) is 13.9. The Morgan fingerprint density at radius 3 is 2.57 bits per heavy atom. The van der Waals surface area contributed by atoms with E-state index in [1.165, 1.54) is 5.56 Å². The maximum Gasteiger partial charge on any atom is 0.158 e. The molecule has 0 fully saturated rings. The molecule has 1 N–H and O–H groups in total. The van der Waals surface area contributed by atoms with Crippen molar-refractivity contribution < 1.29 is 4.79 Å². The number of hydrogen-bond acceptors (Lipinski definition) is 2. The van der Waals surface area contributed by atoms with Gasteiger partial charge in [-0.25, -0.2) is 0 Å². The van der Waals surface area contributed by atoms with E-state index in [1.807, 2.05) is 42.5 Å². The average Bonchev–Trinajstić information content (AvgIpc) is 2.47. The van der Waals surface area contributed by atoms with E-state index in [2.05, 4.69) is 17.4 Å². The van der Waals surface area contributed by atoms with E-state index in [0.717, 1.165) is 17.8 Å². The van der Waals surface area contributed by atoms with Crippen LogP contribution in [0.15, 0.2) is 66.4 Å². The number of halogens is 1. The van der Waals surface area contributed by atoms with Gasteiger partial charge in [-0.1, -0.05) is 48.0 Å². The fourth-order valence-electron chi connectivity index (χ4n) is 2.69. The standard InChI is InChI=1S/C18H16ClNO/c19-15-7-4-8-16(11-15)20-17-9-14(10-18(21)12-17)13-5-2-1-3-6-13/h1-8,11-12,14,20H,9-10H2/t14-/m1/s1. The van der Waals surface area contributed by atoms with Crippen molar-refractivity contribution >= 4 is 23.1 Å². The average molecular weight is 298 g/mol. The Labute approximate surface area is 129 Å². The first-order valence-corrected chi connectivity index (χ1v) is 7.39. The molecule has 21 heavy (non-hydrogen) atoms. The summed E-state index contributed by atoms with van der Waals surface area (Å²) in [7, 11) is 0. The molecule has 0 radical (unpaired) electrons. The van der Waals surface area contributed by atoms with Crippen molar-refractivity contribution in [2.75, 3.05) is 5.32 Å². The van der Waals surface area contributed by atoms with Crippen molar-refractivity contribution in [3.05, 3.63) is 77.0 Å². The van der Waals surface area contributed by atoms with Crippen LogP contribution in [0.4, 0.5) is 5.69 Å². The van der Waals surface area contributed by atoms with Gasteiger partial charge in [0.2, 0.25) is 0 Å². The third-order valence-corrected chi connectivity index (χ3v) is 3.88. The molecule has 2 aromatic carbocycles. The second-order valence-corrected chi connectivity index (χ2v) is 5.72. The van der Waals surface area contributed by atoms with E-state index < -0.39 is 0 Å². The summed E-state index contributed by atoms with van der Waals surface area (Å²) in [4.78, 5) is 12.0. The van der Waals surface area contributed by atoms with Crippen LogP contribution >= 0.6 is 11.6 Å². The molecular weight excluding hydrogens is 282 g/mol. The van der Waals surface area contributed by atoms with Crippen molar-refractivity contribution in [1.29, 1.82) is 0 Å². The number of ketones is 1. The van der Waals surface area contributed by atoms with Gasteiger partial charge in [0.05, 0.1) is 0 Å². The largest absolute Gasteiger partial charge is 0.359 e. The van der Waals surface area contributed by atoms with E-state index in [4.69, 9.17) is 11.6 Å². The number of rotatable bonds is 3. The van der Waals surface area contributed by atoms with Crippen molar-refractivity contribution in [2.24, 2.45) is 0 Å². The van der Waals surface area contributed by atoms with Gasteiger partial charge < -0.3 is 5.32 Å². The van der Waals surface area contributed by atoms with Crippen LogP contribution in [0.25, 0.3) is 0 Å². The highest BCUT2D eigenvalue weighted by Gasteiger charge is 2.22. The van der Waals surface area contributed by atoms with Crippen LogP contribution in [0.2, 0.25) is 5.02 Å². The van der Waals surface area contributed by atoms with Crippen molar-refractivity contribution in [2.45, 2.75) is 18.8 Å². The minimum atomic E-state index is 0.166. The molecule has 2 aromatic rings. The summed E-state index contributed by atoms with van der Waals surface area (Å²) >= 11 is 5.99. The van der Waals surface area contributed by atoms with Gasteiger partial charge in [0, 0.05) is 28.9 Å². The lowest BCUT2D eigenvalue weighted by atomic mass is 9.85. The molecule has 0 amide bonds. The minimum Gasteiger partial charge on any atom is -0.359 e. The zero-order chi connectivity index (χ0) is 14.7. The van der Waals surface area contributed by atoms with Gasteiger partial charge in [-0.3, -0.25) is 4.79 Å². The highest BCUT2D eigenvalue weighted by atomic mass is 35.5. The maximum absolute atomic E-state index is 12.0. The molecule has 106 valence electrons. The zero-order valence-corrected chi connectivity index (χ0v) is 12.3. The number of benzene rings is 2. The fraction of sp³-hybridized carbons (Fsp3) is 0.167. The molecular formula is C18H16ClNO. The van der Waals surface area contributed by atoms with Gasteiger partial charge in [-0.05, 0) is 36.1 Å². The lowest BCUT2D eigenvalue weighted by Gasteiger charge is -2.23. The van der Waals surface area contributed by atoms with Crippen LogP contribution in [0.5, 0.6) is 0 Å². The second-order valence-electron chi connectivity index (χ2n) is 5.29. The Balaban J connectivity index is 1.78. The summed E-state index contributed by atoms with van der Waals surface area (Å²) in [6.07, 6.45) is 3.12. The molecule has 0 bridgehead atoms. The first-order chi connectivity index (χ1) is 10.2. The number of nitrogens with one attached hydrogen (secondary N) is 1. The summed E-state index contributed by atoms with van der Waals surface area (Å²) in [5, 5.41) is 3.99. The molecule has 2 nitrogen and oxygen atoms in total. The number of allylic oxidation sites excluding steroid dienone is 2. The number of carbonyl (C=O) groups excluding carboxylic acids is 1. The summed E-state index contributed by atoms with van der Waals surface area (Å²) in [5.41, 5.74) is 3.07. The third kappa shape index (κ3) is 3.53. The molecule has 1 atom stereocenters. The smallest absolute Gasteiger partial charge is 0.158 e. The van der Waals surface area contributed by atoms with Crippen LogP contribution in [-0.2, 0) is 4.79 Å². The molecule has 3 heteroatoms. The monoisotopic (exact) mass is 297 g/mol. The lowest BCUT2D eigenvalue weighted by Crippen LogP contribution is -2.16. The number of anilines is 1. The summed E-state index contributed by atoms with van der Waals surface area (Å²) in [6.45, 7) is 0. The maximum atomic E-state index is 12.0. The van der Waals surface area contributed by atoms with Crippen molar-refractivity contribution in [3.63, 3.8) is 0 Å². The van der Waals surface area contributed by atoms with Crippen LogP contribution < -0.4 is 5.32 Å². The van der Waals surface area contributed by atoms with Gasteiger partial charge in [-0.2, -0.15) is 0 Å². The highest BCUT2D eigenvalue weighted by molar-refractivity contribution is 6.30. The van der Waals surface area contributed by atoms with E-state index in [0.29, 0.717) is 11.4 Å². The second kappa shape index (κ2) is 6.15. The van der Waals surface area contributed by atoms with E-state index in [1.54, 1.807) is 6.08 Å². The van der Waals surface area contributed by atoms with Crippen molar-refractivity contribution in [3.8, 4) is 0 Å². The third-order valence-electron chi connectivity index (χ3n) is 3.65. The molecule has 0 saturated carbocycles. The lowest BCUT2D eigenvalue weighted by molar-refractivity contribution is -0.115. The molecule has 1 aliphatic carbocycles. The van der Waals surface area contributed by atoms with Crippen LogP contribution in [0.1, 0.15) is 24.3 Å². The van der Waals surface area contributed by atoms with Crippen LogP contribution in [0.3, 0.4) is 0 Å². The molecule has 0 aromatic heterocycles. The topological polar surface area (TPSA) is 29.1 Å². The first-order valence-electron chi connectivity index (χ1n) is 7.01. The Morgan fingerprint density at radius 2 is 1.81 bits per heavy atom. The quantitative estimate of drug-likeness (QED) is 0.883. The zero-order valence-electron chi connectivity index (χ0n) is 11.6. The number of carbonyl (C=O) groups is 1. The predicted octanol–water partition coefficient (Wildman–Crippen LogP) is 4.78. The Kier molecular flexibility index (Phi) is 4.07. The fourth-order valence-corrected chi connectivity index (χ4v) is 2.88. The van der Waals surface area contributed by atoms with E-state index in [-0.39, 0.29) is 11.7 Å².